The first kappa shape index (κ1) is 14.4. The summed E-state index contributed by atoms with van der Waals surface area (Å²) in [4.78, 5) is 0. The zero-order valence-corrected chi connectivity index (χ0v) is 11.8. The lowest BCUT2D eigenvalue weighted by molar-refractivity contribution is 0.354. The Bertz CT molecular complexity index is 399. The SMILES string of the molecule is CCC1CCC(C(Cc2c(F)cccc2F)NC)C1. The summed E-state index contributed by atoms with van der Waals surface area (Å²) < 4.78 is 27.4. The Morgan fingerprint density at radius 2 is 1.95 bits per heavy atom. The van der Waals surface area contributed by atoms with Gasteiger partial charge in [-0.2, -0.15) is 0 Å². The molecule has 3 heteroatoms. The predicted molar refractivity (Wildman–Crippen MR) is 74.0 cm³/mol. The zero-order valence-electron chi connectivity index (χ0n) is 11.8. The fourth-order valence-electron chi connectivity index (χ4n) is 3.30. The largest absolute Gasteiger partial charge is 0.316 e. The fourth-order valence-corrected chi connectivity index (χ4v) is 3.30. The summed E-state index contributed by atoms with van der Waals surface area (Å²) in [7, 11) is 1.89. The van der Waals surface area contributed by atoms with Gasteiger partial charge >= 0.3 is 0 Å². The average Bonchev–Trinajstić information content (AvgIpc) is 2.87. The van der Waals surface area contributed by atoms with Crippen LogP contribution in [0, 0.1) is 23.5 Å². The topological polar surface area (TPSA) is 12.0 Å². The molecule has 1 fully saturated rings. The maximum atomic E-state index is 13.7. The molecule has 0 heterocycles. The molecule has 0 saturated heterocycles. The van der Waals surface area contributed by atoms with Crippen LogP contribution in [0.15, 0.2) is 18.2 Å². The molecule has 0 amide bonds. The molecule has 0 radical (unpaired) electrons. The molecule has 2 rings (SSSR count). The molecule has 1 aromatic rings. The van der Waals surface area contributed by atoms with Crippen molar-refractivity contribution in [2.45, 2.75) is 45.1 Å². The molecule has 3 unspecified atom stereocenters. The number of nitrogens with one attached hydrogen (secondary N) is 1. The normalized spacial score (nSPS) is 24.6. The van der Waals surface area contributed by atoms with E-state index in [-0.39, 0.29) is 11.6 Å². The molecular weight excluding hydrogens is 244 g/mol. The second kappa shape index (κ2) is 6.47. The van der Waals surface area contributed by atoms with Crippen LogP contribution in [-0.2, 0) is 6.42 Å². The monoisotopic (exact) mass is 267 g/mol. The van der Waals surface area contributed by atoms with Crippen LogP contribution < -0.4 is 5.32 Å². The van der Waals surface area contributed by atoms with Crippen LogP contribution in [0.4, 0.5) is 8.78 Å². The summed E-state index contributed by atoms with van der Waals surface area (Å²) in [6, 6.07) is 4.28. The summed E-state index contributed by atoms with van der Waals surface area (Å²) in [5.41, 5.74) is 0.224. The maximum Gasteiger partial charge on any atom is 0.129 e. The van der Waals surface area contributed by atoms with Crippen molar-refractivity contribution in [2.24, 2.45) is 11.8 Å². The predicted octanol–water partition coefficient (Wildman–Crippen LogP) is 3.92. The van der Waals surface area contributed by atoms with Gasteiger partial charge in [-0.3, -0.25) is 0 Å². The van der Waals surface area contributed by atoms with Gasteiger partial charge in [0.25, 0.3) is 0 Å². The smallest absolute Gasteiger partial charge is 0.129 e. The molecule has 19 heavy (non-hydrogen) atoms. The van der Waals surface area contributed by atoms with E-state index in [4.69, 9.17) is 0 Å². The van der Waals surface area contributed by atoms with Gasteiger partial charge in [-0.05, 0) is 50.3 Å². The van der Waals surface area contributed by atoms with E-state index in [0.717, 1.165) is 5.92 Å². The van der Waals surface area contributed by atoms with E-state index in [9.17, 15) is 8.78 Å². The molecular formula is C16H23F2N. The fraction of sp³-hybridized carbons (Fsp3) is 0.625. The Morgan fingerprint density at radius 1 is 1.26 bits per heavy atom. The quantitative estimate of drug-likeness (QED) is 0.852. The van der Waals surface area contributed by atoms with Crippen LogP contribution in [0.5, 0.6) is 0 Å². The van der Waals surface area contributed by atoms with E-state index < -0.39 is 11.6 Å². The van der Waals surface area contributed by atoms with E-state index >= 15 is 0 Å². The van der Waals surface area contributed by atoms with Gasteiger partial charge in [-0.15, -0.1) is 0 Å². The molecule has 0 bridgehead atoms. The van der Waals surface area contributed by atoms with Crippen molar-refractivity contribution in [3.05, 3.63) is 35.4 Å². The third kappa shape index (κ3) is 3.33. The highest BCUT2D eigenvalue weighted by Gasteiger charge is 2.30. The lowest BCUT2D eigenvalue weighted by atomic mass is 9.90. The lowest BCUT2D eigenvalue weighted by Gasteiger charge is -2.24. The van der Waals surface area contributed by atoms with Crippen molar-refractivity contribution >= 4 is 0 Å². The van der Waals surface area contributed by atoms with Crippen molar-refractivity contribution in [2.75, 3.05) is 7.05 Å². The van der Waals surface area contributed by atoms with Crippen molar-refractivity contribution in [3.63, 3.8) is 0 Å². The van der Waals surface area contributed by atoms with Crippen LogP contribution in [0.2, 0.25) is 0 Å². The Morgan fingerprint density at radius 3 is 2.47 bits per heavy atom. The van der Waals surface area contributed by atoms with E-state index in [1.165, 1.54) is 43.9 Å². The van der Waals surface area contributed by atoms with Crippen LogP contribution in [0.25, 0.3) is 0 Å². The van der Waals surface area contributed by atoms with E-state index in [1.807, 2.05) is 7.05 Å². The Kier molecular flexibility index (Phi) is 4.92. The summed E-state index contributed by atoms with van der Waals surface area (Å²) in [5, 5.41) is 3.26. The molecule has 1 saturated carbocycles. The third-order valence-electron chi connectivity index (χ3n) is 4.58. The highest BCUT2D eigenvalue weighted by Crippen LogP contribution is 2.36. The first-order chi connectivity index (χ1) is 9.15. The summed E-state index contributed by atoms with van der Waals surface area (Å²) in [6.45, 7) is 2.22. The Balaban J connectivity index is 2.07. The summed E-state index contributed by atoms with van der Waals surface area (Å²) >= 11 is 0. The van der Waals surface area contributed by atoms with Gasteiger partial charge < -0.3 is 5.32 Å². The molecule has 3 atom stereocenters. The second-order valence-corrected chi connectivity index (χ2v) is 5.65. The van der Waals surface area contributed by atoms with Crippen LogP contribution in [0.3, 0.4) is 0 Å². The van der Waals surface area contributed by atoms with Gasteiger partial charge in [0.05, 0.1) is 0 Å². The molecule has 1 N–H and O–H groups in total. The van der Waals surface area contributed by atoms with Crippen molar-refractivity contribution in [1.29, 1.82) is 0 Å². The Hall–Kier alpha value is -0.960. The first-order valence-electron chi connectivity index (χ1n) is 7.25. The summed E-state index contributed by atoms with van der Waals surface area (Å²) in [5.74, 6) is 0.468. The van der Waals surface area contributed by atoms with Crippen molar-refractivity contribution < 1.29 is 8.78 Å². The first-order valence-corrected chi connectivity index (χ1v) is 7.25. The molecule has 1 aromatic carbocycles. The van der Waals surface area contributed by atoms with Crippen molar-refractivity contribution in [3.8, 4) is 0 Å². The number of hydrogen-bond acceptors (Lipinski definition) is 1. The van der Waals surface area contributed by atoms with Gasteiger partial charge in [0, 0.05) is 11.6 Å². The Labute approximate surface area is 114 Å². The van der Waals surface area contributed by atoms with Crippen LogP contribution >= 0.6 is 0 Å². The molecule has 0 aromatic heterocycles. The minimum absolute atomic E-state index is 0.169. The van der Waals surface area contributed by atoms with Gasteiger partial charge in [-0.1, -0.05) is 25.8 Å². The summed E-state index contributed by atoms with van der Waals surface area (Å²) in [6.07, 6.45) is 5.24. The molecule has 106 valence electrons. The number of benzene rings is 1. The minimum Gasteiger partial charge on any atom is -0.316 e. The van der Waals surface area contributed by atoms with Gasteiger partial charge in [0.1, 0.15) is 11.6 Å². The molecule has 0 aliphatic heterocycles. The van der Waals surface area contributed by atoms with E-state index in [2.05, 4.69) is 12.2 Å². The molecule has 1 aliphatic carbocycles. The highest BCUT2D eigenvalue weighted by atomic mass is 19.1. The van der Waals surface area contributed by atoms with Gasteiger partial charge in [0.15, 0.2) is 0 Å². The maximum absolute atomic E-state index is 13.7. The third-order valence-corrected chi connectivity index (χ3v) is 4.58. The van der Waals surface area contributed by atoms with Crippen LogP contribution in [-0.4, -0.2) is 13.1 Å². The zero-order chi connectivity index (χ0) is 13.8. The van der Waals surface area contributed by atoms with E-state index in [1.54, 1.807) is 0 Å². The van der Waals surface area contributed by atoms with Gasteiger partial charge in [0.2, 0.25) is 0 Å². The number of halogens is 2. The van der Waals surface area contributed by atoms with Gasteiger partial charge in [-0.25, -0.2) is 8.78 Å². The lowest BCUT2D eigenvalue weighted by Crippen LogP contribution is -2.35. The van der Waals surface area contributed by atoms with Crippen molar-refractivity contribution in [1.82, 2.24) is 5.32 Å². The number of likely N-dealkylation sites (N-methyl/N-ethyl adjacent to an activating group) is 1. The molecule has 1 nitrogen and oxygen atoms in total. The number of hydrogen-bond donors (Lipinski definition) is 1. The molecule has 0 spiro atoms. The number of rotatable bonds is 5. The van der Waals surface area contributed by atoms with E-state index in [0.29, 0.717) is 12.3 Å². The second-order valence-electron chi connectivity index (χ2n) is 5.65. The highest BCUT2D eigenvalue weighted by molar-refractivity contribution is 5.21. The standard InChI is InChI=1S/C16H23F2N/c1-3-11-7-8-12(9-11)16(19-2)10-13-14(17)5-4-6-15(13)18/h4-6,11-12,16,19H,3,7-10H2,1-2H3. The minimum atomic E-state index is -0.426. The average molecular weight is 267 g/mol. The van der Waals surface area contributed by atoms with Crippen LogP contribution in [0.1, 0.15) is 38.2 Å². The molecule has 1 aliphatic rings.